The highest BCUT2D eigenvalue weighted by Gasteiger charge is 2.62. The van der Waals surface area contributed by atoms with Crippen molar-refractivity contribution in [1.82, 2.24) is 0 Å². The van der Waals surface area contributed by atoms with E-state index in [1.807, 2.05) is 73.7 Å². The number of para-hydroxylation sites is 1. The summed E-state index contributed by atoms with van der Waals surface area (Å²) in [6, 6.07) is 24.3. The van der Waals surface area contributed by atoms with Crippen molar-refractivity contribution >= 4 is 29.2 Å². The van der Waals surface area contributed by atoms with E-state index in [2.05, 4.69) is 10.5 Å². The number of amides is 1. The van der Waals surface area contributed by atoms with Gasteiger partial charge in [0.1, 0.15) is 5.92 Å². The van der Waals surface area contributed by atoms with E-state index in [9.17, 15) is 9.59 Å². The molecule has 0 aliphatic carbocycles. The van der Waals surface area contributed by atoms with Crippen LogP contribution in [0.25, 0.3) is 6.08 Å². The lowest BCUT2D eigenvalue weighted by molar-refractivity contribution is -0.140. The number of Topliss-reactive ketones (excluding diaryl/α,β-unsaturated/α-hetero) is 1. The van der Waals surface area contributed by atoms with Crippen LogP contribution < -0.4 is 5.32 Å². The molecule has 0 bridgehead atoms. The Morgan fingerprint density at radius 3 is 2.45 bits per heavy atom. The third-order valence-corrected chi connectivity index (χ3v) is 5.75. The number of allylic oxidation sites excluding steroid dienone is 1. The number of nitrogens with zero attached hydrogens (tertiary/aromatic N) is 1. The topological polar surface area (TPSA) is 67.8 Å². The van der Waals surface area contributed by atoms with Crippen molar-refractivity contribution in [2.24, 2.45) is 11.1 Å². The maximum Gasteiger partial charge on any atom is 0.277 e. The first-order valence-electron chi connectivity index (χ1n) is 10.1. The number of hydrogen-bond donors (Lipinski definition) is 1. The second kappa shape index (κ2) is 7.36. The van der Waals surface area contributed by atoms with E-state index in [1.165, 1.54) is 0 Å². The van der Waals surface area contributed by atoms with E-state index in [4.69, 9.17) is 4.84 Å². The number of carbonyl (C=O) groups is 2. The van der Waals surface area contributed by atoms with Crippen LogP contribution in [0.15, 0.2) is 90.1 Å². The molecule has 5 nitrogen and oxygen atoms in total. The average Bonchev–Trinajstić information content (AvgIpc) is 3.32. The molecule has 2 atom stereocenters. The second-order valence-electron chi connectivity index (χ2n) is 7.75. The van der Waals surface area contributed by atoms with E-state index in [0.29, 0.717) is 22.5 Å². The predicted octanol–water partition coefficient (Wildman–Crippen LogP) is 4.74. The summed E-state index contributed by atoms with van der Waals surface area (Å²) in [5.41, 5.74) is 2.68. The summed E-state index contributed by atoms with van der Waals surface area (Å²) in [4.78, 5) is 32.7. The molecule has 2 aliphatic heterocycles. The number of hydrogen-bond acceptors (Lipinski definition) is 4. The molecule has 2 heterocycles. The molecule has 0 saturated carbocycles. The summed E-state index contributed by atoms with van der Waals surface area (Å²) >= 11 is 0. The van der Waals surface area contributed by atoms with Crippen molar-refractivity contribution in [3.8, 4) is 0 Å². The zero-order valence-corrected chi connectivity index (χ0v) is 16.9. The van der Waals surface area contributed by atoms with Gasteiger partial charge in [0.2, 0.25) is 0 Å². The third-order valence-electron chi connectivity index (χ3n) is 5.75. The number of carbonyl (C=O) groups excluding carboxylic acids is 2. The number of fused-ring (bicyclic) bond motifs is 2. The highest BCUT2D eigenvalue weighted by Crippen LogP contribution is 2.49. The lowest BCUT2D eigenvalue weighted by Gasteiger charge is -2.26. The number of nitrogens with one attached hydrogen (secondary N) is 1. The van der Waals surface area contributed by atoms with Crippen LogP contribution in [0, 0.1) is 12.8 Å². The van der Waals surface area contributed by atoms with Crippen LogP contribution in [0.3, 0.4) is 0 Å². The highest BCUT2D eigenvalue weighted by atomic mass is 16.7. The molecular formula is C26H20N2O3. The number of rotatable bonds is 4. The monoisotopic (exact) mass is 408 g/mol. The summed E-state index contributed by atoms with van der Waals surface area (Å²) in [6.07, 6.45) is 3.63. The fourth-order valence-electron chi connectivity index (χ4n) is 4.14. The summed E-state index contributed by atoms with van der Waals surface area (Å²) in [5.74, 6) is -1.49. The Morgan fingerprint density at radius 2 is 1.68 bits per heavy atom. The molecule has 152 valence electrons. The largest absolute Gasteiger partial charge is 0.373 e. The van der Waals surface area contributed by atoms with Gasteiger partial charge >= 0.3 is 0 Å². The average molecular weight is 408 g/mol. The minimum absolute atomic E-state index is 0.208. The number of anilines is 1. The molecule has 0 fully saturated rings. The smallest absolute Gasteiger partial charge is 0.277 e. The van der Waals surface area contributed by atoms with Crippen molar-refractivity contribution in [2.75, 3.05) is 5.32 Å². The lowest BCUT2D eigenvalue weighted by atomic mass is 9.75. The Hall–Kier alpha value is -3.99. The molecule has 0 aromatic heterocycles. The van der Waals surface area contributed by atoms with E-state index in [0.717, 1.165) is 11.1 Å². The van der Waals surface area contributed by atoms with Crippen LogP contribution in [0.4, 0.5) is 5.69 Å². The van der Waals surface area contributed by atoms with Gasteiger partial charge in [-0.2, -0.15) is 0 Å². The Morgan fingerprint density at radius 1 is 0.968 bits per heavy atom. The Bertz CT molecular complexity index is 1230. The maximum atomic E-state index is 13.7. The molecular weight excluding hydrogens is 388 g/mol. The third kappa shape index (κ3) is 3.06. The molecule has 0 radical (unpaired) electrons. The van der Waals surface area contributed by atoms with Crippen molar-refractivity contribution in [3.63, 3.8) is 0 Å². The molecule has 0 unspecified atom stereocenters. The number of benzene rings is 3. The fourth-order valence-corrected chi connectivity index (χ4v) is 4.14. The van der Waals surface area contributed by atoms with Gasteiger partial charge in [0, 0.05) is 16.8 Å². The molecule has 1 spiro atoms. The first-order valence-corrected chi connectivity index (χ1v) is 10.1. The Balaban J connectivity index is 1.61. The first-order chi connectivity index (χ1) is 15.1. The van der Waals surface area contributed by atoms with Crippen LogP contribution in [0.5, 0.6) is 0 Å². The van der Waals surface area contributed by atoms with Crippen LogP contribution >= 0.6 is 0 Å². The Labute approximate surface area is 180 Å². The molecule has 3 aromatic carbocycles. The van der Waals surface area contributed by atoms with Crippen LogP contribution in [0.2, 0.25) is 0 Å². The van der Waals surface area contributed by atoms with Gasteiger partial charge in [-0.1, -0.05) is 89.6 Å². The molecule has 3 aromatic rings. The summed E-state index contributed by atoms with van der Waals surface area (Å²) in [7, 11) is 0. The molecule has 5 heteroatoms. The maximum absolute atomic E-state index is 13.7. The molecule has 2 aliphatic rings. The minimum Gasteiger partial charge on any atom is -0.373 e. The first kappa shape index (κ1) is 19.0. The van der Waals surface area contributed by atoms with Gasteiger partial charge in [0.05, 0.1) is 5.71 Å². The molecule has 31 heavy (non-hydrogen) atoms. The van der Waals surface area contributed by atoms with E-state index in [1.54, 1.807) is 24.3 Å². The van der Waals surface area contributed by atoms with Gasteiger partial charge in [0.15, 0.2) is 5.78 Å². The zero-order chi connectivity index (χ0) is 21.4. The van der Waals surface area contributed by atoms with Gasteiger partial charge in [-0.05, 0) is 24.6 Å². The molecule has 0 saturated heterocycles. The standard InChI is InChI=1S/C26H20N2O3/c1-17-11-14-19(15-12-17)24(29)23-22(16-13-18-7-3-2-4-8-18)28-31-26(23)20-9-5-6-10-21(20)27-25(26)30/h2-16,23H,1H3,(H,27,30)/b16-13+/t23-,26-/m0/s1. The molecule has 1 N–H and O–H groups in total. The van der Waals surface area contributed by atoms with Crippen LogP contribution in [0.1, 0.15) is 27.0 Å². The summed E-state index contributed by atoms with van der Waals surface area (Å²) in [5, 5.41) is 7.09. The number of oxime groups is 1. The SMILES string of the molecule is Cc1ccc(C(=O)[C@@H]2C(/C=C/c3ccccc3)=NO[C@]23C(=O)Nc2ccccc23)cc1. The van der Waals surface area contributed by atoms with E-state index >= 15 is 0 Å². The van der Waals surface area contributed by atoms with Crippen LogP contribution in [-0.4, -0.2) is 17.4 Å². The van der Waals surface area contributed by atoms with Crippen molar-refractivity contribution in [1.29, 1.82) is 0 Å². The normalized spacial score (nSPS) is 21.6. The number of ketones is 1. The van der Waals surface area contributed by atoms with Gasteiger partial charge in [-0.25, -0.2) is 0 Å². The van der Waals surface area contributed by atoms with Gasteiger partial charge in [-0.15, -0.1) is 0 Å². The highest BCUT2D eigenvalue weighted by molar-refractivity contribution is 6.23. The van der Waals surface area contributed by atoms with E-state index in [-0.39, 0.29) is 11.7 Å². The quantitative estimate of drug-likeness (QED) is 0.634. The molecule has 5 rings (SSSR count). The van der Waals surface area contributed by atoms with E-state index < -0.39 is 11.5 Å². The van der Waals surface area contributed by atoms with Crippen molar-refractivity contribution in [3.05, 3.63) is 107 Å². The Kier molecular flexibility index (Phi) is 4.51. The summed E-state index contributed by atoms with van der Waals surface area (Å²) in [6.45, 7) is 1.96. The van der Waals surface area contributed by atoms with Gasteiger partial charge < -0.3 is 10.2 Å². The lowest BCUT2D eigenvalue weighted by Crippen LogP contribution is -2.46. The minimum atomic E-state index is -1.52. The van der Waals surface area contributed by atoms with Crippen molar-refractivity contribution < 1.29 is 14.4 Å². The number of aryl methyl sites for hydroxylation is 1. The molecule has 1 amide bonds. The summed E-state index contributed by atoms with van der Waals surface area (Å²) < 4.78 is 0. The fraction of sp³-hybridized carbons (Fsp3) is 0.115. The van der Waals surface area contributed by atoms with Gasteiger partial charge in [-0.3, -0.25) is 9.59 Å². The van der Waals surface area contributed by atoms with Crippen molar-refractivity contribution in [2.45, 2.75) is 12.5 Å². The predicted molar refractivity (Wildman–Crippen MR) is 120 cm³/mol. The van der Waals surface area contributed by atoms with Crippen LogP contribution in [-0.2, 0) is 15.2 Å². The zero-order valence-electron chi connectivity index (χ0n) is 16.9. The second-order valence-corrected chi connectivity index (χ2v) is 7.75. The van der Waals surface area contributed by atoms with Gasteiger partial charge in [0.25, 0.3) is 11.5 Å².